The molecule has 0 fully saturated rings. The molecule has 26 heavy (non-hydrogen) atoms. The van der Waals surface area contributed by atoms with Crippen molar-refractivity contribution in [1.82, 2.24) is 4.90 Å². The first-order valence-corrected chi connectivity index (χ1v) is 8.26. The van der Waals surface area contributed by atoms with E-state index in [1.807, 2.05) is 13.8 Å². The molecule has 0 aliphatic heterocycles. The summed E-state index contributed by atoms with van der Waals surface area (Å²) < 4.78 is 38.5. The molecule has 0 aliphatic carbocycles. The van der Waals surface area contributed by atoms with Crippen LogP contribution < -0.4 is 0 Å². The molecule has 144 valence electrons. The van der Waals surface area contributed by atoms with Crippen molar-refractivity contribution in [3.8, 4) is 0 Å². The van der Waals surface area contributed by atoms with Crippen molar-refractivity contribution in [1.29, 1.82) is 0 Å². The van der Waals surface area contributed by atoms with Crippen molar-refractivity contribution in [2.75, 3.05) is 6.54 Å². The lowest BCUT2D eigenvalue weighted by atomic mass is 9.94. The highest BCUT2D eigenvalue weighted by molar-refractivity contribution is 5.95. The first-order chi connectivity index (χ1) is 12.1. The normalized spacial score (nSPS) is 13.8. The summed E-state index contributed by atoms with van der Waals surface area (Å²) in [4.78, 5) is 13.9. The number of rotatable bonds is 6. The predicted molar refractivity (Wildman–Crippen MR) is 98.6 cm³/mol. The molecule has 1 amide bonds. The molecule has 1 N–H and O–H groups in total. The standard InChI is InChI=1S/C18H20F3NO2.C2H6/c1-5-8-15(6-2)22(7-3)16(23)13-9-11-14(12-10-13)17(4,24)18(19,20)21;1-2/h5-6,8-12,24H,1-2,7H2,3-4H3;1-2H3/b15-8+;. The second-order valence-corrected chi connectivity index (χ2v) is 5.23. The highest BCUT2D eigenvalue weighted by Crippen LogP contribution is 2.38. The maximum absolute atomic E-state index is 12.8. The zero-order chi connectivity index (χ0) is 20.5. The Morgan fingerprint density at radius 2 is 1.69 bits per heavy atom. The highest BCUT2D eigenvalue weighted by Gasteiger charge is 2.51. The van der Waals surface area contributed by atoms with E-state index < -0.39 is 11.8 Å². The number of likely N-dealkylation sites (N-methyl/N-ethyl adjacent to an activating group) is 1. The maximum atomic E-state index is 12.8. The van der Waals surface area contributed by atoms with Gasteiger partial charge >= 0.3 is 6.18 Å². The van der Waals surface area contributed by atoms with Crippen LogP contribution in [0.4, 0.5) is 13.2 Å². The van der Waals surface area contributed by atoms with Crippen molar-refractivity contribution >= 4 is 5.91 Å². The van der Waals surface area contributed by atoms with Crippen molar-refractivity contribution in [3.63, 3.8) is 0 Å². The third kappa shape index (κ3) is 5.33. The molecule has 0 bridgehead atoms. The zero-order valence-corrected chi connectivity index (χ0v) is 15.6. The van der Waals surface area contributed by atoms with Gasteiger partial charge in [0, 0.05) is 17.8 Å². The Bertz CT molecular complexity index is 644. The first kappa shape index (κ1) is 23.7. The predicted octanol–water partition coefficient (Wildman–Crippen LogP) is 5.20. The number of hydrogen-bond donors (Lipinski definition) is 1. The van der Waals surface area contributed by atoms with Gasteiger partial charge in [0.05, 0.1) is 0 Å². The number of halogens is 3. The van der Waals surface area contributed by atoms with Gasteiger partial charge in [-0.1, -0.05) is 45.2 Å². The third-order valence-corrected chi connectivity index (χ3v) is 3.62. The summed E-state index contributed by atoms with van der Waals surface area (Å²) in [7, 11) is 0. The SMILES string of the molecule is C=C/C=C(\C=C)N(CC)C(=O)c1ccc(C(C)(O)C(F)(F)F)cc1.CC. The number of benzene rings is 1. The van der Waals surface area contributed by atoms with Crippen LogP contribution in [0.5, 0.6) is 0 Å². The lowest BCUT2D eigenvalue weighted by molar-refractivity contribution is -0.258. The van der Waals surface area contributed by atoms with Crippen LogP contribution in [0.15, 0.2) is 61.3 Å². The van der Waals surface area contributed by atoms with Crippen LogP contribution in [0, 0.1) is 0 Å². The summed E-state index contributed by atoms with van der Waals surface area (Å²) in [5, 5.41) is 9.65. The fraction of sp³-hybridized carbons (Fsp3) is 0.350. The molecule has 0 aliphatic rings. The molecule has 6 heteroatoms. The smallest absolute Gasteiger partial charge is 0.376 e. The van der Waals surface area contributed by atoms with Gasteiger partial charge in [0.1, 0.15) is 0 Å². The van der Waals surface area contributed by atoms with Gasteiger partial charge in [-0.15, -0.1) is 0 Å². The molecule has 1 rings (SSSR count). The Hall–Kier alpha value is -2.34. The topological polar surface area (TPSA) is 40.5 Å². The molecule has 1 aromatic carbocycles. The van der Waals surface area contributed by atoms with Gasteiger partial charge < -0.3 is 10.0 Å². The summed E-state index contributed by atoms with van der Waals surface area (Å²) in [6, 6.07) is 4.71. The summed E-state index contributed by atoms with van der Waals surface area (Å²) in [5.74, 6) is -0.385. The molecule has 3 nitrogen and oxygen atoms in total. The van der Waals surface area contributed by atoms with Crippen LogP contribution >= 0.6 is 0 Å². The van der Waals surface area contributed by atoms with Crippen LogP contribution in [-0.4, -0.2) is 28.6 Å². The number of nitrogens with zero attached hydrogens (tertiary/aromatic N) is 1. The average Bonchev–Trinajstić information content (AvgIpc) is 2.62. The van der Waals surface area contributed by atoms with E-state index in [0.717, 1.165) is 12.1 Å². The van der Waals surface area contributed by atoms with E-state index in [1.165, 1.54) is 29.2 Å². The Morgan fingerprint density at radius 3 is 2.04 bits per heavy atom. The Morgan fingerprint density at radius 1 is 1.19 bits per heavy atom. The number of aliphatic hydroxyl groups is 1. The van der Waals surface area contributed by atoms with E-state index in [0.29, 0.717) is 19.2 Å². The van der Waals surface area contributed by atoms with Gasteiger partial charge in [0.15, 0.2) is 5.60 Å². The number of amides is 1. The van der Waals surface area contributed by atoms with Crippen molar-refractivity contribution in [2.45, 2.75) is 39.5 Å². The minimum absolute atomic E-state index is 0.204. The van der Waals surface area contributed by atoms with E-state index in [2.05, 4.69) is 13.2 Å². The van der Waals surface area contributed by atoms with Crippen LogP contribution in [0.3, 0.4) is 0 Å². The summed E-state index contributed by atoms with van der Waals surface area (Å²) >= 11 is 0. The Balaban J connectivity index is 0.00000301. The fourth-order valence-corrected chi connectivity index (χ4v) is 2.09. The summed E-state index contributed by atoms with van der Waals surface area (Å²) in [6.45, 7) is 14.0. The van der Waals surface area contributed by atoms with E-state index in [9.17, 15) is 23.1 Å². The van der Waals surface area contributed by atoms with Crippen LogP contribution in [0.2, 0.25) is 0 Å². The minimum atomic E-state index is -4.81. The second-order valence-electron chi connectivity index (χ2n) is 5.23. The average molecular weight is 369 g/mol. The largest absolute Gasteiger partial charge is 0.421 e. The minimum Gasteiger partial charge on any atom is -0.376 e. The van der Waals surface area contributed by atoms with Gasteiger partial charge in [0.2, 0.25) is 0 Å². The highest BCUT2D eigenvalue weighted by atomic mass is 19.4. The van der Waals surface area contributed by atoms with Crippen LogP contribution in [-0.2, 0) is 5.60 Å². The van der Waals surface area contributed by atoms with Crippen LogP contribution in [0.1, 0.15) is 43.6 Å². The zero-order valence-electron chi connectivity index (χ0n) is 15.6. The number of carbonyl (C=O) groups is 1. The fourth-order valence-electron chi connectivity index (χ4n) is 2.09. The van der Waals surface area contributed by atoms with Crippen molar-refractivity contribution in [3.05, 3.63) is 72.5 Å². The van der Waals surface area contributed by atoms with Gasteiger partial charge in [-0.05, 0) is 43.7 Å². The lowest BCUT2D eigenvalue weighted by Crippen LogP contribution is -2.39. The second kappa shape index (κ2) is 9.97. The number of alkyl halides is 3. The first-order valence-electron chi connectivity index (χ1n) is 8.26. The molecular weight excluding hydrogens is 343 g/mol. The molecule has 1 atom stereocenters. The Kier molecular flexibility index (Phi) is 9.07. The van der Waals surface area contributed by atoms with E-state index in [4.69, 9.17) is 0 Å². The van der Waals surface area contributed by atoms with E-state index in [1.54, 1.807) is 13.0 Å². The molecule has 0 spiro atoms. The van der Waals surface area contributed by atoms with Crippen LogP contribution in [0.25, 0.3) is 0 Å². The summed E-state index contributed by atoms with van der Waals surface area (Å²) in [5.41, 5.74) is -2.58. The van der Waals surface area contributed by atoms with E-state index in [-0.39, 0.29) is 17.0 Å². The lowest BCUT2D eigenvalue weighted by Gasteiger charge is -2.27. The molecule has 0 radical (unpaired) electrons. The van der Waals surface area contributed by atoms with Gasteiger partial charge in [-0.2, -0.15) is 13.2 Å². The quantitative estimate of drug-likeness (QED) is 0.700. The monoisotopic (exact) mass is 369 g/mol. The van der Waals surface area contributed by atoms with Crippen molar-refractivity contribution in [2.24, 2.45) is 0 Å². The molecule has 0 aromatic heterocycles. The summed E-state index contributed by atoms with van der Waals surface area (Å²) in [6.07, 6.45) is -0.198. The molecule has 0 saturated carbocycles. The maximum Gasteiger partial charge on any atom is 0.421 e. The third-order valence-electron chi connectivity index (χ3n) is 3.62. The molecular formula is C20H26F3NO2. The number of hydrogen-bond acceptors (Lipinski definition) is 2. The molecule has 1 aromatic rings. The molecule has 1 unspecified atom stereocenters. The Labute approximate surface area is 153 Å². The molecule has 0 saturated heterocycles. The number of carbonyl (C=O) groups excluding carboxylic acids is 1. The number of allylic oxidation sites excluding steroid dienone is 3. The van der Waals surface area contributed by atoms with E-state index >= 15 is 0 Å². The van der Waals surface area contributed by atoms with Gasteiger partial charge in [-0.25, -0.2) is 0 Å². The van der Waals surface area contributed by atoms with Gasteiger partial charge in [-0.3, -0.25) is 4.79 Å². The molecule has 0 heterocycles. The van der Waals surface area contributed by atoms with Crippen molar-refractivity contribution < 1.29 is 23.1 Å². The van der Waals surface area contributed by atoms with Gasteiger partial charge in [0.25, 0.3) is 5.91 Å².